The molecule has 3 heterocycles. The van der Waals surface area contributed by atoms with E-state index in [-0.39, 0.29) is 0 Å². The number of methoxy groups -OCH3 is 1. The number of benzene rings is 1. The van der Waals surface area contributed by atoms with E-state index in [0.29, 0.717) is 12.5 Å². The average molecular weight is 361 g/mol. The van der Waals surface area contributed by atoms with Gasteiger partial charge in [-0.05, 0) is 50.1 Å². The number of rotatable bonds is 4. The van der Waals surface area contributed by atoms with Crippen LogP contribution in [0.15, 0.2) is 42.6 Å². The van der Waals surface area contributed by atoms with Crippen LogP contribution >= 0.6 is 0 Å². The van der Waals surface area contributed by atoms with Crippen LogP contribution in [0.2, 0.25) is 0 Å². The summed E-state index contributed by atoms with van der Waals surface area (Å²) in [5, 5.41) is 0. The molecular formula is C22H23N3O2. The predicted molar refractivity (Wildman–Crippen MR) is 104 cm³/mol. The summed E-state index contributed by atoms with van der Waals surface area (Å²) in [6, 6.07) is 12.1. The number of hydrogen-bond donors (Lipinski definition) is 0. The molecule has 2 aromatic heterocycles. The molecule has 0 radical (unpaired) electrons. The maximum atomic E-state index is 5.95. The Morgan fingerprint density at radius 1 is 1.11 bits per heavy atom. The van der Waals surface area contributed by atoms with Gasteiger partial charge in [0.1, 0.15) is 17.3 Å². The van der Waals surface area contributed by atoms with Crippen LogP contribution in [0.1, 0.15) is 22.8 Å². The van der Waals surface area contributed by atoms with Gasteiger partial charge in [0.2, 0.25) is 0 Å². The maximum absolute atomic E-state index is 5.95. The largest absolute Gasteiger partial charge is 0.497 e. The summed E-state index contributed by atoms with van der Waals surface area (Å²) in [4.78, 5) is 13.8. The fourth-order valence-electron chi connectivity index (χ4n) is 3.54. The van der Waals surface area contributed by atoms with Crippen LogP contribution in [-0.4, -0.2) is 28.7 Å². The van der Waals surface area contributed by atoms with E-state index in [4.69, 9.17) is 14.5 Å². The SMILES string of the molecule is COc1ccc2c(c1)OC[C@H](Cc1nccc(-c3ccc(C)nc3C)n1)C2. The van der Waals surface area contributed by atoms with Crippen molar-refractivity contribution in [1.82, 2.24) is 15.0 Å². The Kier molecular flexibility index (Phi) is 4.75. The molecule has 0 bridgehead atoms. The van der Waals surface area contributed by atoms with Gasteiger partial charge in [-0.25, -0.2) is 9.97 Å². The minimum Gasteiger partial charge on any atom is -0.497 e. The third kappa shape index (κ3) is 3.77. The van der Waals surface area contributed by atoms with E-state index >= 15 is 0 Å². The van der Waals surface area contributed by atoms with Crippen LogP contribution in [-0.2, 0) is 12.8 Å². The smallest absolute Gasteiger partial charge is 0.129 e. The molecule has 0 spiro atoms. The number of ether oxygens (including phenoxy) is 2. The summed E-state index contributed by atoms with van der Waals surface area (Å²) < 4.78 is 11.2. The van der Waals surface area contributed by atoms with E-state index in [1.165, 1.54) is 5.56 Å². The first kappa shape index (κ1) is 17.5. The monoisotopic (exact) mass is 361 g/mol. The minimum absolute atomic E-state index is 0.360. The van der Waals surface area contributed by atoms with Crippen molar-refractivity contribution in [2.24, 2.45) is 5.92 Å². The van der Waals surface area contributed by atoms with Crippen molar-refractivity contribution < 1.29 is 9.47 Å². The van der Waals surface area contributed by atoms with Gasteiger partial charge in [-0.15, -0.1) is 0 Å². The predicted octanol–water partition coefficient (Wildman–Crippen LogP) is 3.96. The van der Waals surface area contributed by atoms with Gasteiger partial charge in [0.05, 0.1) is 19.4 Å². The molecular weight excluding hydrogens is 338 g/mol. The second-order valence-electron chi connectivity index (χ2n) is 7.00. The molecule has 0 aliphatic carbocycles. The van der Waals surface area contributed by atoms with Gasteiger partial charge in [0, 0.05) is 41.6 Å². The van der Waals surface area contributed by atoms with Crippen LogP contribution in [0.4, 0.5) is 0 Å². The summed E-state index contributed by atoms with van der Waals surface area (Å²) in [5.74, 6) is 2.95. The quantitative estimate of drug-likeness (QED) is 0.704. The van der Waals surface area contributed by atoms with Crippen LogP contribution in [0.3, 0.4) is 0 Å². The Hall–Kier alpha value is -2.95. The lowest BCUT2D eigenvalue weighted by Crippen LogP contribution is -2.23. The van der Waals surface area contributed by atoms with Crippen LogP contribution < -0.4 is 9.47 Å². The number of pyridine rings is 1. The van der Waals surface area contributed by atoms with E-state index in [1.54, 1.807) is 7.11 Å². The first-order valence-electron chi connectivity index (χ1n) is 9.18. The number of fused-ring (bicyclic) bond motifs is 1. The number of aromatic nitrogens is 3. The molecule has 5 heteroatoms. The highest BCUT2D eigenvalue weighted by molar-refractivity contribution is 5.61. The summed E-state index contributed by atoms with van der Waals surface area (Å²) in [6.07, 6.45) is 3.58. The summed E-state index contributed by atoms with van der Waals surface area (Å²) in [6.45, 7) is 4.68. The van der Waals surface area contributed by atoms with Crippen LogP contribution in [0.5, 0.6) is 11.5 Å². The van der Waals surface area contributed by atoms with Gasteiger partial charge in [0.15, 0.2) is 0 Å². The Morgan fingerprint density at radius 2 is 2.00 bits per heavy atom. The molecule has 1 aliphatic heterocycles. The Balaban J connectivity index is 1.52. The van der Waals surface area contributed by atoms with Gasteiger partial charge in [0.25, 0.3) is 0 Å². The minimum atomic E-state index is 0.360. The topological polar surface area (TPSA) is 57.1 Å². The molecule has 0 N–H and O–H groups in total. The lowest BCUT2D eigenvalue weighted by Gasteiger charge is -2.25. The summed E-state index contributed by atoms with van der Waals surface area (Å²) in [5.41, 5.74) is 5.19. The number of hydrogen-bond acceptors (Lipinski definition) is 5. The second kappa shape index (κ2) is 7.35. The number of aryl methyl sites for hydroxylation is 2. The molecule has 0 saturated carbocycles. The lowest BCUT2D eigenvalue weighted by molar-refractivity contribution is 0.218. The molecule has 1 aromatic carbocycles. The van der Waals surface area contributed by atoms with E-state index < -0.39 is 0 Å². The molecule has 4 rings (SSSR count). The molecule has 5 nitrogen and oxygen atoms in total. The molecule has 1 aliphatic rings. The zero-order valence-corrected chi connectivity index (χ0v) is 15.9. The Bertz CT molecular complexity index is 972. The van der Waals surface area contributed by atoms with E-state index in [2.05, 4.69) is 22.1 Å². The number of nitrogens with zero attached hydrogens (tertiary/aromatic N) is 3. The fourth-order valence-corrected chi connectivity index (χ4v) is 3.54. The maximum Gasteiger partial charge on any atom is 0.129 e. The third-order valence-electron chi connectivity index (χ3n) is 4.94. The van der Waals surface area contributed by atoms with Crippen molar-refractivity contribution in [3.8, 4) is 22.8 Å². The van der Waals surface area contributed by atoms with Gasteiger partial charge in [-0.1, -0.05) is 6.07 Å². The lowest BCUT2D eigenvalue weighted by atomic mass is 9.93. The first-order chi connectivity index (χ1) is 13.1. The van der Waals surface area contributed by atoms with Gasteiger partial charge in [-0.2, -0.15) is 0 Å². The van der Waals surface area contributed by atoms with Crippen molar-refractivity contribution in [1.29, 1.82) is 0 Å². The zero-order chi connectivity index (χ0) is 18.8. The zero-order valence-electron chi connectivity index (χ0n) is 15.9. The molecule has 0 unspecified atom stereocenters. The molecule has 0 saturated heterocycles. The van der Waals surface area contributed by atoms with Crippen LogP contribution in [0, 0.1) is 19.8 Å². The highest BCUT2D eigenvalue weighted by Gasteiger charge is 2.22. The van der Waals surface area contributed by atoms with Crippen molar-refractivity contribution in [2.45, 2.75) is 26.7 Å². The average Bonchev–Trinajstić information content (AvgIpc) is 2.68. The molecule has 0 amide bonds. The van der Waals surface area contributed by atoms with Gasteiger partial charge in [-0.3, -0.25) is 4.98 Å². The first-order valence-corrected chi connectivity index (χ1v) is 9.18. The molecule has 3 aromatic rings. The Morgan fingerprint density at radius 3 is 2.81 bits per heavy atom. The molecule has 138 valence electrons. The van der Waals surface area contributed by atoms with E-state index in [1.807, 2.05) is 44.3 Å². The van der Waals surface area contributed by atoms with E-state index in [9.17, 15) is 0 Å². The summed E-state index contributed by atoms with van der Waals surface area (Å²) in [7, 11) is 1.67. The van der Waals surface area contributed by atoms with Crippen molar-refractivity contribution in [3.63, 3.8) is 0 Å². The van der Waals surface area contributed by atoms with Gasteiger partial charge >= 0.3 is 0 Å². The standard InChI is InChI=1S/C22H23N3O2/c1-14-4-7-19(15(2)24-14)20-8-9-23-22(25-20)11-16-10-17-5-6-18(26-3)12-21(17)27-13-16/h4-9,12,16H,10-11,13H2,1-3H3/t16-/m0/s1. The highest BCUT2D eigenvalue weighted by atomic mass is 16.5. The molecule has 0 fully saturated rings. The van der Waals surface area contributed by atoms with Gasteiger partial charge < -0.3 is 9.47 Å². The third-order valence-corrected chi connectivity index (χ3v) is 4.94. The fraction of sp³-hybridized carbons (Fsp3) is 0.318. The highest BCUT2D eigenvalue weighted by Crippen LogP contribution is 2.32. The van der Waals surface area contributed by atoms with E-state index in [0.717, 1.165) is 52.8 Å². The second-order valence-corrected chi connectivity index (χ2v) is 7.00. The van der Waals surface area contributed by atoms with Crippen molar-refractivity contribution >= 4 is 0 Å². The van der Waals surface area contributed by atoms with Crippen molar-refractivity contribution in [3.05, 3.63) is 65.4 Å². The normalized spacial score (nSPS) is 15.7. The van der Waals surface area contributed by atoms with Crippen molar-refractivity contribution in [2.75, 3.05) is 13.7 Å². The molecule has 27 heavy (non-hydrogen) atoms. The summed E-state index contributed by atoms with van der Waals surface area (Å²) >= 11 is 0. The Labute approximate surface area is 159 Å². The van der Waals surface area contributed by atoms with Crippen LogP contribution in [0.25, 0.3) is 11.3 Å². The molecule has 1 atom stereocenters.